The Morgan fingerprint density at radius 1 is 0.562 bits per heavy atom. The van der Waals surface area contributed by atoms with Crippen LogP contribution in [0.4, 0.5) is 105 Å². The van der Waals surface area contributed by atoms with Crippen molar-refractivity contribution in [3.8, 4) is 0 Å². The van der Waals surface area contributed by atoms with Crippen molar-refractivity contribution in [2.75, 3.05) is 6.61 Å². The summed E-state index contributed by atoms with van der Waals surface area (Å²) in [6, 6.07) is 0. The molecule has 0 unspecified atom stereocenters. The lowest BCUT2D eigenvalue weighted by Crippen LogP contribution is -2.69. The number of alkyl halides is 24. The lowest BCUT2D eigenvalue weighted by atomic mass is 9.91. The van der Waals surface area contributed by atoms with E-state index in [9.17, 15) is 115 Å². The van der Waals surface area contributed by atoms with Crippen molar-refractivity contribution in [1.82, 2.24) is 0 Å². The third-order valence-electron chi connectivity index (χ3n) is 5.18. The van der Waals surface area contributed by atoms with Crippen molar-refractivity contribution in [2.45, 2.75) is 78.5 Å². The number of carbonyl (C=O) groups is 2. The quantitative estimate of drug-likeness (QED) is 0.0971. The summed E-state index contributed by atoms with van der Waals surface area (Å²) >= 11 is 0. The van der Waals surface area contributed by atoms with Crippen LogP contribution in [0.15, 0.2) is 24.8 Å². The number of ether oxygens (including phenoxy) is 1. The first-order valence-electron chi connectivity index (χ1n) is 10.7. The second kappa shape index (κ2) is 13.9. The van der Waals surface area contributed by atoms with Crippen LogP contribution in [0.3, 0.4) is 0 Å². The molecule has 0 aromatic rings. The van der Waals surface area contributed by atoms with Crippen molar-refractivity contribution in [1.29, 1.82) is 0 Å². The smallest absolute Gasteiger partial charge is 0.384 e. The molecule has 0 aliphatic carbocycles. The molecule has 0 saturated heterocycles. The van der Waals surface area contributed by atoms with Gasteiger partial charge in [0.1, 0.15) is 0 Å². The van der Waals surface area contributed by atoms with E-state index in [4.69, 9.17) is 5.11 Å². The molecule has 0 spiro atoms. The van der Waals surface area contributed by atoms with E-state index in [0.29, 0.717) is 0 Å². The molecule has 4 nitrogen and oxygen atoms in total. The molecule has 0 amide bonds. The minimum absolute atomic E-state index is 0.103. The molecule has 48 heavy (non-hydrogen) atoms. The predicted octanol–water partition coefficient (Wildman–Crippen LogP) is 8.62. The van der Waals surface area contributed by atoms with E-state index < -0.39 is 103 Å². The lowest BCUT2D eigenvalue weighted by Gasteiger charge is -2.39. The zero-order chi connectivity index (χ0) is 39.7. The molecule has 0 radical (unpaired) electrons. The molecule has 0 aliphatic heterocycles. The van der Waals surface area contributed by atoms with Gasteiger partial charge in [-0.1, -0.05) is 13.2 Å². The van der Waals surface area contributed by atoms with Gasteiger partial charge in [0.05, 0.1) is 0 Å². The van der Waals surface area contributed by atoms with Gasteiger partial charge in [-0.2, -0.15) is 87.8 Å². The highest BCUT2D eigenvalue weighted by Crippen LogP contribution is 2.60. The number of carboxylic acids is 1. The van der Waals surface area contributed by atoms with Gasteiger partial charge < -0.3 is 9.84 Å². The van der Waals surface area contributed by atoms with Crippen molar-refractivity contribution >= 4 is 11.9 Å². The second-order valence-corrected chi connectivity index (χ2v) is 8.60. The summed E-state index contributed by atoms with van der Waals surface area (Å²) in [4.78, 5) is 20.6. The third-order valence-corrected chi connectivity index (χ3v) is 5.18. The second-order valence-electron chi connectivity index (χ2n) is 8.60. The first kappa shape index (κ1) is 46.9. The Labute approximate surface area is 248 Å². The number of aliphatic carboxylic acids is 1. The Bertz CT molecular complexity index is 1170. The fourth-order valence-electron chi connectivity index (χ4n) is 2.31. The largest absolute Gasteiger partial charge is 0.478 e. The van der Waals surface area contributed by atoms with Crippen LogP contribution in [-0.4, -0.2) is 95.7 Å². The third kappa shape index (κ3) is 7.79. The summed E-state index contributed by atoms with van der Waals surface area (Å²) in [6.45, 7) is 1.93. The van der Waals surface area contributed by atoms with Crippen LogP contribution in [0.5, 0.6) is 0 Å². The average Bonchev–Trinajstić information content (AvgIpc) is 2.90. The Hall–Kier alpha value is -3.26. The van der Waals surface area contributed by atoms with E-state index in [2.05, 4.69) is 17.9 Å². The molecule has 0 aliphatic rings. The van der Waals surface area contributed by atoms with E-state index in [1.165, 1.54) is 0 Å². The van der Waals surface area contributed by atoms with E-state index in [1.54, 1.807) is 0 Å². The highest BCUT2D eigenvalue weighted by Gasteiger charge is 2.89. The molecule has 0 bridgehead atoms. The standard InChI is InChI=1S/2C10H6F12O2/c1-3(4(23)24)2-6(13,14)8(17,18)10(21,22)9(19,20)7(15,16)5(11)12;1-2-4(23)24-3-6(13,14)8(17,18)10(21,22)9(19,20)7(15,16)5(11)12/h5H,1-2H2,(H,23,24);2,5H,1,3H2. The van der Waals surface area contributed by atoms with Crippen LogP contribution in [-0.2, 0) is 14.3 Å². The van der Waals surface area contributed by atoms with Gasteiger partial charge in [-0.25, -0.2) is 27.2 Å². The molecular weight excluding hydrogens is 760 g/mol. The number of carbonyl (C=O) groups excluding carboxylic acids is 1. The van der Waals surface area contributed by atoms with Crippen molar-refractivity contribution in [3.05, 3.63) is 24.8 Å². The van der Waals surface area contributed by atoms with Gasteiger partial charge in [0, 0.05) is 18.1 Å². The van der Waals surface area contributed by atoms with Gasteiger partial charge in [-0.3, -0.25) is 0 Å². The number of halogens is 24. The van der Waals surface area contributed by atoms with Crippen molar-refractivity contribution < 1.29 is 125 Å². The maximum Gasteiger partial charge on any atom is 0.384 e. The molecule has 28 heteroatoms. The van der Waals surface area contributed by atoms with E-state index in [0.717, 1.165) is 0 Å². The van der Waals surface area contributed by atoms with Gasteiger partial charge >= 0.3 is 84.0 Å². The zero-order valence-electron chi connectivity index (χ0n) is 21.8. The fourth-order valence-corrected chi connectivity index (χ4v) is 2.31. The lowest BCUT2D eigenvalue weighted by molar-refractivity contribution is -0.414. The van der Waals surface area contributed by atoms with E-state index in [-0.39, 0.29) is 6.08 Å². The average molecular weight is 772 g/mol. The molecular formula is C20H12F24O4. The summed E-state index contributed by atoms with van der Waals surface area (Å²) in [5, 5.41) is 8.14. The maximum atomic E-state index is 13.1. The molecule has 0 aromatic heterocycles. The maximum absolute atomic E-state index is 13.1. The highest BCUT2D eigenvalue weighted by molar-refractivity contribution is 5.85. The van der Waals surface area contributed by atoms with Crippen LogP contribution in [0, 0.1) is 0 Å². The number of carboxylic acid groups (broad SMARTS) is 1. The van der Waals surface area contributed by atoms with Gasteiger partial charge in [0.25, 0.3) is 0 Å². The highest BCUT2D eigenvalue weighted by atomic mass is 19.4. The van der Waals surface area contributed by atoms with Crippen LogP contribution >= 0.6 is 0 Å². The van der Waals surface area contributed by atoms with E-state index in [1.807, 2.05) is 0 Å². The molecule has 0 fully saturated rings. The monoisotopic (exact) mass is 772 g/mol. The number of esters is 1. The van der Waals surface area contributed by atoms with Crippen LogP contribution in [0.25, 0.3) is 0 Å². The predicted molar refractivity (Wildman–Crippen MR) is 104 cm³/mol. The minimum atomic E-state index is -7.66. The van der Waals surface area contributed by atoms with Gasteiger partial charge in [-0.15, -0.1) is 0 Å². The first-order valence-corrected chi connectivity index (χ1v) is 10.7. The van der Waals surface area contributed by atoms with Gasteiger partial charge in [0.15, 0.2) is 6.61 Å². The van der Waals surface area contributed by atoms with Crippen LogP contribution < -0.4 is 0 Å². The van der Waals surface area contributed by atoms with Crippen LogP contribution in [0.1, 0.15) is 6.42 Å². The first-order chi connectivity index (χ1) is 20.7. The number of rotatable bonds is 16. The molecule has 0 rings (SSSR count). The summed E-state index contributed by atoms with van der Waals surface area (Å²) in [5.41, 5.74) is -1.85. The Morgan fingerprint density at radius 3 is 1.10 bits per heavy atom. The molecule has 284 valence electrons. The van der Waals surface area contributed by atoms with Gasteiger partial charge in [-0.05, 0) is 0 Å². The zero-order valence-corrected chi connectivity index (χ0v) is 21.8. The molecule has 0 heterocycles. The molecule has 1 N–H and O–H groups in total. The van der Waals surface area contributed by atoms with Gasteiger partial charge in [0.2, 0.25) is 0 Å². The summed E-state index contributed by atoms with van der Waals surface area (Å²) in [6.07, 6.45) is -13.9. The Kier molecular flexibility index (Phi) is 13.6. The summed E-state index contributed by atoms with van der Waals surface area (Å²) in [5.74, 6) is -76.1. The van der Waals surface area contributed by atoms with Crippen molar-refractivity contribution in [3.63, 3.8) is 0 Å². The van der Waals surface area contributed by atoms with E-state index >= 15 is 0 Å². The summed E-state index contributed by atoms with van der Waals surface area (Å²) < 4.78 is 308. The molecule has 0 aromatic carbocycles. The Morgan fingerprint density at radius 2 is 0.854 bits per heavy atom. The van der Waals surface area contributed by atoms with Crippen LogP contribution in [0.2, 0.25) is 0 Å². The van der Waals surface area contributed by atoms with Crippen molar-refractivity contribution in [2.24, 2.45) is 0 Å². The fraction of sp³-hybridized carbons (Fsp3) is 0.700. The Balaban J connectivity index is 0. The molecule has 0 atom stereocenters. The normalized spacial score (nSPS) is 14.8. The topological polar surface area (TPSA) is 63.6 Å². The minimum Gasteiger partial charge on any atom is -0.478 e. The molecule has 0 saturated carbocycles. The summed E-state index contributed by atoms with van der Waals surface area (Å²) in [7, 11) is 0. The SMILES string of the molecule is C=C(CC(F)(F)C(F)(F)C(F)(F)C(F)(F)C(F)(F)C(F)F)C(=O)O.C=CC(=O)OCC(F)(F)C(F)(F)C(F)(F)C(F)(F)C(F)(F)C(F)F. The number of hydrogen-bond acceptors (Lipinski definition) is 3. The number of hydrogen-bond donors (Lipinski definition) is 1.